The number of amides is 1. The summed E-state index contributed by atoms with van der Waals surface area (Å²) < 4.78 is 16.1. The zero-order valence-electron chi connectivity index (χ0n) is 16.4. The van der Waals surface area contributed by atoms with Crippen LogP contribution < -0.4 is 14.8 Å². The maximum absolute atomic E-state index is 12.3. The van der Waals surface area contributed by atoms with Crippen LogP contribution in [-0.2, 0) is 11.3 Å². The van der Waals surface area contributed by atoms with E-state index in [-0.39, 0.29) is 12.5 Å². The first kappa shape index (κ1) is 19.4. The van der Waals surface area contributed by atoms with Crippen LogP contribution in [-0.4, -0.2) is 29.3 Å². The largest absolute Gasteiger partial charge is 0.497 e. The third-order valence-electron chi connectivity index (χ3n) is 4.09. The van der Waals surface area contributed by atoms with E-state index in [0.29, 0.717) is 23.2 Å². The Hall–Kier alpha value is -3.35. The van der Waals surface area contributed by atoms with Crippen molar-refractivity contribution in [3.8, 4) is 22.9 Å². The van der Waals surface area contributed by atoms with Gasteiger partial charge >= 0.3 is 0 Å². The molecular weight excluding hydrogens is 358 g/mol. The fourth-order valence-electron chi connectivity index (χ4n) is 2.77. The third-order valence-corrected chi connectivity index (χ3v) is 4.09. The normalized spacial score (nSPS) is 11.7. The highest BCUT2D eigenvalue weighted by Gasteiger charge is 2.16. The van der Waals surface area contributed by atoms with Gasteiger partial charge in [-0.2, -0.15) is 4.98 Å². The fraction of sp³-hybridized carbons (Fsp3) is 0.286. The van der Waals surface area contributed by atoms with E-state index in [2.05, 4.69) is 15.5 Å². The van der Waals surface area contributed by atoms with Crippen molar-refractivity contribution in [1.29, 1.82) is 0 Å². The molecule has 0 bridgehead atoms. The minimum atomic E-state index is -0.651. The van der Waals surface area contributed by atoms with Crippen LogP contribution in [0.1, 0.15) is 23.9 Å². The maximum Gasteiger partial charge on any atom is 0.261 e. The molecule has 2 aromatic carbocycles. The molecular formula is C21H23N3O4. The van der Waals surface area contributed by atoms with Gasteiger partial charge in [-0.1, -0.05) is 23.4 Å². The molecule has 0 saturated heterocycles. The Labute approximate surface area is 163 Å². The number of ether oxygens (including phenoxy) is 2. The molecule has 3 rings (SSSR count). The van der Waals surface area contributed by atoms with Gasteiger partial charge in [0, 0.05) is 5.56 Å². The first-order chi connectivity index (χ1) is 13.4. The van der Waals surface area contributed by atoms with Gasteiger partial charge < -0.3 is 19.3 Å². The Bertz CT molecular complexity index is 948. The molecule has 0 unspecified atom stereocenters. The molecule has 3 aromatic rings. The predicted octanol–water partition coefficient (Wildman–Crippen LogP) is 3.45. The van der Waals surface area contributed by atoms with Crippen LogP contribution in [0.4, 0.5) is 0 Å². The quantitative estimate of drug-likeness (QED) is 0.675. The fourth-order valence-corrected chi connectivity index (χ4v) is 2.77. The van der Waals surface area contributed by atoms with E-state index in [0.717, 1.165) is 16.7 Å². The summed E-state index contributed by atoms with van der Waals surface area (Å²) >= 11 is 0. The number of carbonyl (C=O) groups excluding carboxylic acids is 1. The van der Waals surface area contributed by atoms with E-state index in [1.165, 1.54) is 0 Å². The first-order valence-corrected chi connectivity index (χ1v) is 8.94. The van der Waals surface area contributed by atoms with Crippen molar-refractivity contribution >= 4 is 5.91 Å². The number of rotatable bonds is 7. The van der Waals surface area contributed by atoms with Gasteiger partial charge in [0.25, 0.3) is 5.91 Å². The van der Waals surface area contributed by atoms with E-state index < -0.39 is 6.10 Å². The SMILES string of the molecule is COc1cccc(-c2noc(CNC(=O)[C@@H](C)Oc3cc(C)cc(C)c3)n2)c1. The zero-order valence-corrected chi connectivity index (χ0v) is 16.4. The molecule has 1 aromatic heterocycles. The number of aryl methyl sites for hydroxylation is 2. The number of aromatic nitrogens is 2. The number of benzene rings is 2. The molecule has 7 nitrogen and oxygen atoms in total. The maximum atomic E-state index is 12.3. The van der Waals surface area contributed by atoms with Gasteiger partial charge in [0.15, 0.2) is 6.10 Å². The summed E-state index contributed by atoms with van der Waals surface area (Å²) in [6.07, 6.45) is -0.651. The van der Waals surface area contributed by atoms with Crippen molar-refractivity contribution in [2.45, 2.75) is 33.4 Å². The number of nitrogens with one attached hydrogen (secondary N) is 1. The number of carbonyl (C=O) groups is 1. The van der Waals surface area contributed by atoms with Crippen LogP contribution in [0.25, 0.3) is 11.4 Å². The van der Waals surface area contributed by atoms with E-state index in [9.17, 15) is 4.79 Å². The number of methoxy groups -OCH3 is 1. The topological polar surface area (TPSA) is 86.5 Å². The van der Waals surface area contributed by atoms with E-state index >= 15 is 0 Å². The number of hydrogen-bond donors (Lipinski definition) is 1. The second-order valence-corrected chi connectivity index (χ2v) is 6.54. The van der Waals surface area contributed by atoms with E-state index in [4.69, 9.17) is 14.0 Å². The molecule has 0 aliphatic heterocycles. The average molecular weight is 381 g/mol. The second kappa shape index (κ2) is 8.56. The molecule has 7 heteroatoms. The summed E-state index contributed by atoms with van der Waals surface area (Å²) in [7, 11) is 1.59. The summed E-state index contributed by atoms with van der Waals surface area (Å²) in [5.74, 6) is 1.85. The van der Waals surface area contributed by atoms with Crippen LogP contribution in [0.2, 0.25) is 0 Å². The average Bonchev–Trinajstić information content (AvgIpc) is 3.14. The molecule has 0 fully saturated rings. The zero-order chi connectivity index (χ0) is 20.1. The number of nitrogens with zero attached hydrogens (tertiary/aromatic N) is 2. The van der Waals surface area contributed by atoms with Crippen LogP contribution >= 0.6 is 0 Å². The minimum Gasteiger partial charge on any atom is -0.497 e. The monoisotopic (exact) mass is 381 g/mol. The summed E-state index contributed by atoms with van der Waals surface area (Å²) in [5.41, 5.74) is 2.93. The summed E-state index contributed by atoms with van der Waals surface area (Å²) in [4.78, 5) is 16.6. The highest BCUT2D eigenvalue weighted by molar-refractivity contribution is 5.80. The standard InChI is InChI=1S/C21H23N3O4/c1-13-8-14(2)10-18(9-13)27-15(3)21(25)22-12-19-23-20(24-28-19)16-6-5-7-17(11-16)26-4/h5-11,15H,12H2,1-4H3,(H,22,25)/t15-/m1/s1. The molecule has 0 spiro atoms. The van der Waals surface area contributed by atoms with Crippen molar-refractivity contribution in [2.24, 2.45) is 0 Å². The molecule has 0 radical (unpaired) electrons. The van der Waals surface area contributed by atoms with Gasteiger partial charge in [0.1, 0.15) is 11.5 Å². The lowest BCUT2D eigenvalue weighted by molar-refractivity contribution is -0.127. The van der Waals surface area contributed by atoms with Crippen LogP contribution in [0.15, 0.2) is 47.0 Å². The van der Waals surface area contributed by atoms with Gasteiger partial charge in [-0.25, -0.2) is 0 Å². The molecule has 1 atom stereocenters. The number of hydrogen-bond acceptors (Lipinski definition) is 6. The predicted molar refractivity (Wildman–Crippen MR) is 104 cm³/mol. The smallest absolute Gasteiger partial charge is 0.261 e. The van der Waals surface area contributed by atoms with Crippen molar-refractivity contribution in [1.82, 2.24) is 15.5 Å². The second-order valence-electron chi connectivity index (χ2n) is 6.54. The van der Waals surface area contributed by atoms with Crippen molar-refractivity contribution in [2.75, 3.05) is 7.11 Å². The van der Waals surface area contributed by atoms with Crippen molar-refractivity contribution in [3.05, 3.63) is 59.5 Å². The van der Waals surface area contributed by atoms with Gasteiger partial charge in [-0.15, -0.1) is 0 Å². The lowest BCUT2D eigenvalue weighted by Crippen LogP contribution is -2.36. The van der Waals surface area contributed by atoms with Gasteiger partial charge in [0.2, 0.25) is 11.7 Å². The van der Waals surface area contributed by atoms with Gasteiger partial charge in [0.05, 0.1) is 13.7 Å². The minimum absolute atomic E-state index is 0.121. The Morgan fingerprint density at radius 1 is 1.14 bits per heavy atom. The third kappa shape index (κ3) is 4.88. The van der Waals surface area contributed by atoms with E-state index in [1.54, 1.807) is 14.0 Å². The van der Waals surface area contributed by atoms with Crippen LogP contribution in [0.3, 0.4) is 0 Å². The Kier molecular flexibility index (Phi) is 5.93. The molecule has 0 aliphatic carbocycles. The molecule has 0 aliphatic rings. The lowest BCUT2D eigenvalue weighted by Gasteiger charge is -2.15. The molecule has 1 heterocycles. The van der Waals surface area contributed by atoms with E-state index in [1.807, 2.05) is 56.3 Å². The molecule has 1 amide bonds. The summed E-state index contributed by atoms with van der Waals surface area (Å²) in [6, 6.07) is 13.2. The first-order valence-electron chi connectivity index (χ1n) is 8.94. The highest BCUT2D eigenvalue weighted by Crippen LogP contribution is 2.21. The van der Waals surface area contributed by atoms with Gasteiger partial charge in [-0.05, 0) is 56.2 Å². The van der Waals surface area contributed by atoms with Crippen LogP contribution in [0.5, 0.6) is 11.5 Å². The Balaban J connectivity index is 1.57. The lowest BCUT2D eigenvalue weighted by atomic mass is 10.1. The summed E-state index contributed by atoms with van der Waals surface area (Å²) in [6.45, 7) is 5.79. The molecule has 0 saturated carbocycles. The van der Waals surface area contributed by atoms with Crippen LogP contribution in [0, 0.1) is 13.8 Å². The Morgan fingerprint density at radius 2 is 1.89 bits per heavy atom. The van der Waals surface area contributed by atoms with Crippen molar-refractivity contribution in [3.63, 3.8) is 0 Å². The van der Waals surface area contributed by atoms with Gasteiger partial charge in [-0.3, -0.25) is 4.79 Å². The highest BCUT2D eigenvalue weighted by atomic mass is 16.5. The summed E-state index contributed by atoms with van der Waals surface area (Å²) in [5, 5.41) is 6.70. The Morgan fingerprint density at radius 3 is 2.61 bits per heavy atom. The molecule has 1 N–H and O–H groups in total. The molecule has 28 heavy (non-hydrogen) atoms. The van der Waals surface area contributed by atoms with Crippen molar-refractivity contribution < 1.29 is 18.8 Å². The molecule has 146 valence electrons.